The van der Waals surface area contributed by atoms with E-state index in [2.05, 4.69) is 30.3 Å². The van der Waals surface area contributed by atoms with Gasteiger partial charge in [0.25, 0.3) is 0 Å². The minimum absolute atomic E-state index is 0.00292. The van der Waals surface area contributed by atoms with E-state index in [0.717, 1.165) is 31.7 Å². The van der Waals surface area contributed by atoms with Crippen molar-refractivity contribution in [2.24, 2.45) is 0 Å². The van der Waals surface area contributed by atoms with E-state index >= 15 is 13.2 Å². The van der Waals surface area contributed by atoms with E-state index in [9.17, 15) is 0 Å². The maximum atomic E-state index is 15.9. The van der Waals surface area contributed by atoms with E-state index in [1.807, 2.05) is 42.5 Å². The molecule has 0 N–H and O–H groups in total. The Hall–Kier alpha value is -2.11. The third kappa shape index (κ3) is 3.73. The summed E-state index contributed by atoms with van der Waals surface area (Å²) in [7, 11) is 0. The molecule has 0 aliphatic heterocycles. The van der Waals surface area contributed by atoms with Crippen LogP contribution in [0.2, 0.25) is 0 Å². The Morgan fingerprint density at radius 2 is 0.977 bits per heavy atom. The number of fused-ring (bicyclic) bond motifs is 9. The molecule has 0 aliphatic carbocycles. The number of thiophene rings is 2. The first-order valence-corrected chi connectivity index (χ1v) is 21.8. The molecule has 9 heteroatoms. The second kappa shape index (κ2) is 9.45. The van der Waals surface area contributed by atoms with Gasteiger partial charge in [0.1, 0.15) is 0 Å². The van der Waals surface area contributed by atoms with E-state index in [4.69, 9.17) is 0 Å². The molecular weight excluding hydrogens is 845 g/mol. The summed E-state index contributed by atoms with van der Waals surface area (Å²) in [5.74, 6) is -0.523. The summed E-state index contributed by atoms with van der Waals surface area (Å²) in [6, 6.07) is 26.4. The molecule has 206 valence electrons. The van der Waals surface area contributed by atoms with Gasteiger partial charge >= 0.3 is 276 Å². The summed E-state index contributed by atoms with van der Waals surface area (Å²) in [5.41, 5.74) is 0. The van der Waals surface area contributed by atoms with Crippen LogP contribution in [0.5, 0.6) is 0 Å². The fourth-order valence-electron chi connectivity index (χ4n) is 5.94. The van der Waals surface area contributed by atoms with E-state index in [1.54, 1.807) is 28.7 Å². The predicted octanol–water partition coefficient (Wildman–Crippen LogP) is 9.86. The topological polar surface area (TPSA) is 0 Å². The van der Waals surface area contributed by atoms with Gasteiger partial charge in [-0.1, -0.05) is 0 Å². The normalized spacial score (nSPS) is 12.5. The van der Waals surface area contributed by atoms with Crippen LogP contribution in [0.3, 0.4) is 0 Å². The summed E-state index contributed by atoms with van der Waals surface area (Å²) in [5, 5.41) is 5.66. The molecule has 0 bridgehead atoms. The second-order valence-corrected chi connectivity index (χ2v) is 21.4. The van der Waals surface area contributed by atoms with Gasteiger partial charge in [-0.2, -0.15) is 0 Å². The number of halogens is 3. The van der Waals surface area contributed by atoms with Gasteiger partial charge in [0.2, 0.25) is 0 Å². The summed E-state index contributed by atoms with van der Waals surface area (Å²) < 4.78 is 59.1. The Balaban J connectivity index is 1.13. The Morgan fingerprint density at radius 3 is 1.65 bits per heavy atom. The number of rotatable bonds is 2. The monoisotopic (exact) mass is 862 g/mol. The number of hydrogen-bond acceptors (Lipinski definition) is 2. The third-order valence-corrected chi connectivity index (χ3v) is 21.4. The second-order valence-electron chi connectivity index (χ2n) is 10.4. The maximum absolute atomic E-state index is 15.9. The molecular formula is C34H13F3S2Se4. The van der Waals surface area contributed by atoms with Crippen LogP contribution >= 0.6 is 22.7 Å². The molecule has 0 aliphatic rings. The van der Waals surface area contributed by atoms with Gasteiger partial charge in [0.05, 0.1) is 0 Å². The van der Waals surface area contributed by atoms with Gasteiger partial charge in [-0.25, -0.2) is 0 Å². The van der Waals surface area contributed by atoms with E-state index < -0.39 is 0 Å². The molecule has 0 atom stereocenters. The van der Waals surface area contributed by atoms with Crippen LogP contribution in [0.25, 0.3) is 85.9 Å². The van der Waals surface area contributed by atoms with Crippen molar-refractivity contribution in [2.75, 3.05) is 0 Å². The average Bonchev–Trinajstić information content (AvgIpc) is 3.85. The zero-order valence-electron chi connectivity index (χ0n) is 21.6. The minimum atomic E-state index is -0.273. The van der Waals surface area contributed by atoms with Crippen molar-refractivity contribution < 1.29 is 13.2 Å². The molecule has 6 heterocycles. The first-order valence-electron chi connectivity index (χ1n) is 13.3. The summed E-state index contributed by atoms with van der Waals surface area (Å²) >= 11 is 3.09. The van der Waals surface area contributed by atoms with E-state index in [0.29, 0.717) is 19.6 Å². The first kappa shape index (κ1) is 26.1. The fourth-order valence-corrected chi connectivity index (χ4v) is 19.0. The molecule has 0 spiro atoms. The zero-order valence-corrected chi connectivity index (χ0v) is 30.1. The third-order valence-electron chi connectivity index (χ3n) is 7.97. The molecule has 0 unspecified atom stereocenters. The van der Waals surface area contributed by atoms with Gasteiger partial charge in [-0.3, -0.25) is 0 Å². The van der Waals surface area contributed by atoms with Crippen LogP contribution in [0.4, 0.5) is 13.2 Å². The van der Waals surface area contributed by atoms with Crippen molar-refractivity contribution in [3.05, 3.63) is 96.3 Å². The molecule has 43 heavy (non-hydrogen) atoms. The summed E-state index contributed by atoms with van der Waals surface area (Å²) in [6.07, 6.45) is 0. The summed E-state index contributed by atoms with van der Waals surface area (Å²) in [6.45, 7) is 0. The molecule has 10 rings (SSSR count). The Morgan fingerprint density at radius 1 is 0.442 bits per heavy atom. The molecule has 6 aromatic heterocycles. The van der Waals surface area contributed by atoms with E-state index in [-0.39, 0.29) is 75.5 Å². The van der Waals surface area contributed by atoms with Crippen LogP contribution in [-0.2, 0) is 0 Å². The molecule has 0 saturated heterocycles. The van der Waals surface area contributed by atoms with Gasteiger partial charge < -0.3 is 0 Å². The molecule has 0 saturated carbocycles. The van der Waals surface area contributed by atoms with Gasteiger partial charge in [0.15, 0.2) is 0 Å². The molecule has 0 fully saturated rings. The fraction of sp³-hybridized carbons (Fsp3) is 0. The van der Waals surface area contributed by atoms with E-state index in [1.165, 1.54) is 34.5 Å². The van der Waals surface area contributed by atoms with Gasteiger partial charge in [-0.05, 0) is 0 Å². The zero-order chi connectivity index (χ0) is 28.6. The molecule has 0 amide bonds. The van der Waals surface area contributed by atoms with Crippen LogP contribution in [0.15, 0.2) is 78.9 Å². The number of hydrogen-bond donors (Lipinski definition) is 0. The Labute approximate surface area is 273 Å². The van der Waals surface area contributed by atoms with Crippen LogP contribution in [0.1, 0.15) is 0 Å². The van der Waals surface area contributed by atoms with Crippen molar-refractivity contribution in [3.8, 4) is 17.7 Å². The average molecular weight is 858 g/mol. The Kier molecular flexibility index (Phi) is 5.75. The van der Waals surface area contributed by atoms with Crippen molar-refractivity contribution in [1.29, 1.82) is 0 Å². The number of benzene rings is 4. The standard InChI is InChI=1S/C34H13F3S2Se4/c35-27-15-5-1-3-7-22(15)41-32(27)26-10-14-9-20-17(12-24(14)40-26)30-31(38-20)18-13-25-19(11-21(18)39-30)29(37)34(43-25)33-28(36)16-6-2-4-8-23(16)42-33/h1-13H. The van der Waals surface area contributed by atoms with Gasteiger partial charge in [0, 0.05) is 0 Å². The predicted molar refractivity (Wildman–Crippen MR) is 183 cm³/mol. The van der Waals surface area contributed by atoms with Crippen LogP contribution in [0, 0.1) is 17.5 Å². The summed E-state index contributed by atoms with van der Waals surface area (Å²) in [4.78, 5) is 0. The SMILES string of the molecule is Fc1c(-c2cc3cc4sc5c6cc7[se]c(-c8[se]c9ccccc9c8F)c(F)c7cc6sc5c4cc3[se]2)[se]c2ccccc12. The van der Waals surface area contributed by atoms with Crippen molar-refractivity contribution in [2.45, 2.75) is 0 Å². The van der Waals surface area contributed by atoms with Crippen molar-refractivity contribution in [1.82, 2.24) is 0 Å². The van der Waals surface area contributed by atoms with Crippen molar-refractivity contribution in [3.63, 3.8) is 0 Å². The first-order chi connectivity index (χ1) is 21.0. The molecule has 0 radical (unpaired) electrons. The quantitative estimate of drug-likeness (QED) is 0.152. The molecule has 4 aromatic carbocycles. The van der Waals surface area contributed by atoms with Crippen LogP contribution in [-0.4, -0.2) is 58.0 Å². The van der Waals surface area contributed by atoms with Crippen LogP contribution < -0.4 is 0 Å². The molecule has 10 aromatic rings. The van der Waals surface area contributed by atoms with Gasteiger partial charge in [-0.15, -0.1) is 0 Å². The molecule has 0 nitrogen and oxygen atoms in total. The van der Waals surface area contributed by atoms with Crippen molar-refractivity contribution >= 4 is 149 Å². The Bertz CT molecular complexity index is 2790.